The molecule has 0 spiro atoms. The molecule has 0 saturated heterocycles. The number of hydrogen-bond donors (Lipinski definition) is 0. The maximum atomic E-state index is 5.45. The standard InChI is InChI=1S/C22H32NS.3C4H9.Sn/c1-2-3-4-5-6-7-8-9-10-11-12-15-20-17-18-22(24-20)21-16-13-14-19-23-21;3*1-3-4-2;/h13-14,16-18H,2-12,15H2,1H3;3*1,3-4H2,2H3;. The Kier molecular flexibility index (Phi) is 18.2. The van der Waals surface area contributed by atoms with Gasteiger partial charge in [0.25, 0.3) is 0 Å². The van der Waals surface area contributed by atoms with E-state index >= 15 is 0 Å². The second-order valence-corrected chi connectivity index (χ2v) is 25.8. The molecule has 0 saturated carbocycles. The van der Waals surface area contributed by atoms with Crippen LogP contribution in [0.3, 0.4) is 0 Å². The third-order valence-electron chi connectivity index (χ3n) is 8.26. The second-order valence-electron chi connectivity index (χ2n) is 11.6. The summed E-state index contributed by atoms with van der Waals surface area (Å²) in [5.74, 6) is 0. The van der Waals surface area contributed by atoms with Crippen molar-refractivity contribution in [3.8, 4) is 10.6 Å². The molecule has 0 atom stereocenters. The Labute approximate surface area is 239 Å². The minimum absolute atomic E-state index is 1.24. The molecule has 0 N–H and O–H groups in total. The summed E-state index contributed by atoms with van der Waals surface area (Å²) in [7, 11) is 0. The van der Waals surface area contributed by atoms with Crippen LogP contribution >= 0.6 is 11.3 Å². The fraction of sp³-hybridized carbons (Fsp3) is 0.735. The number of aromatic nitrogens is 1. The number of rotatable bonds is 23. The predicted molar refractivity (Wildman–Crippen MR) is 172 cm³/mol. The molecule has 0 bridgehead atoms. The Hall–Kier alpha value is -0.351. The van der Waals surface area contributed by atoms with E-state index in [1.807, 2.05) is 11.3 Å². The van der Waals surface area contributed by atoms with Gasteiger partial charge in [-0.25, -0.2) is 0 Å². The number of hydrogen-bond acceptors (Lipinski definition) is 2. The Balaban J connectivity index is 1.90. The molecule has 3 heteroatoms. The molecular formula is C34H59NSSn. The molecule has 2 rings (SSSR count). The number of unbranched alkanes of at least 4 members (excludes halogenated alkanes) is 13. The van der Waals surface area contributed by atoms with Gasteiger partial charge in [0.15, 0.2) is 0 Å². The Morgan fingerprint density at radius 2 is 1.08 bits per heavy atom. The van der Waals surface area contributed by atoms with Crippen LogP contribution in [0.2, 0.25) is 13.3 Å². The number of aryl methyl sites for hydroxylation is 1. The van der Waals surface area contributed by atoms with Gasteiger partial charge in [-0.05, 0) is 0 Å². The van der Waals surface area contributed by atoms with Gasteiger partial charge in [0.1, 0.15) is 0 Å². The zero-order valence-electron chi connectivity index (χ0n) is 25.1. The van der Waals surface area contributed by atoms with E-state index in [2.05, 4.69) is 58.0 Å². The van der Waals surface area contributed by atoms with Crippen molar-refractivity contribution < 1.29 is 0 Å². The monoisotopic (exact) mass is 633 g/mol. The van der Waals surface area contributed by atoms with Crippen LogP contribution < -0.4 is 3.71 Å². The summed E-state index contributed by atoms with van der Waals surface area (Å²) in [6.45, 7) is 9.39. The van der Waals surface area contributed by atoms with Crippen molar-refractivity contribution in [2.24, 2.45) is 0 Å². The summed E-state index contributed by atoms with van der Waals surface area (Å²) >= 11 is -0.470. The summed E-state index contributed by atoms with van der Waals surface area (Å²) in [5.41, 5.74) is 1.25. The van der Waals surface area contributed by atoms with Gasteiger partial charge >= 0.3 is 195 Å². The fourth-order valence-corrected chi connectivity index (χ4v) is 22.3. The van der Waals surface area contributed by atoms with E-state index in [-0.39, 0.29) is 0 Å². The molecule has 210 valence electrons. The summed E-state index contributed by atoms with van der Waals surface area (Å²) in [6, 6.07) is 11.8. The fourth-order valence-electron chi connectivity index (χ4n) is 5.79. The molecule has 0 aliphatic heterocycles. The molecule has 0 aliphatic rings. The first-order chi connectivity index (χ1) is 18.2. The van der Waals surface area contributed by atoms with Crippen LogP contribution in [0.5, 0.6) is 0 Å². The van der Waals surface area contributed by atoms with E-state index in [4.69, 9.17) is 4.98 Å². The maximum absolute atomic E-state index is 5.45. The van der Waals surface area contributed by atoms with Gasteiger partial charge in [-0.15, -0.1) is 0 Å². The first-order valence-corrected chi connectivity index (χ1v) is 24.6. The topological polar surface area (TPSA) is 12.9 Å². The van der Waals surface area contributed by atoms with Crippen LogP contribution in [0, 0.1) is 0 Å². The molecule has 0 aliphatic carbocycles. The van der Waals surface area contributed by atoms with Gasteiger partial charge in [0, 0.05) is 0 Å². The van der Waals surface area contributed by atoms with Crippen LogP contribution in [-0.2, 0) is 6.42 Å². The normalized spacial score (nSPS) is 11.9. The van der Waals surface area contributed by atoms with E-state index < -0.39 is 18.4 Å². The Bertz CT molecular complexity index is 792. The van der Waals surface area contributed by atoms with Crippen LogP contribution in [0.1, 0.15) is 142 Å². The molecule has 2 heterocycles. The SMILES string of the molecule is CCCCCCCCCCCCCc1ccc(-c2ccc[c]([Sn]([CH2]CCC)([CH2]CCC)[CH2]CCC)n2)s1. The molecule has 0 radical (unpaired) electrons. The van der Waals surface area contributed by atoms with E-state index in [9.17, 15) is 0 Å². The minimum atomic E-state index is -2.47. The van der Waals surface area contributed by atoms with Crippen LogP contribution in [0.4, 0.5) is 0 Å². The average Bonchev–Trinajstić information content (AvgIpc) is 3.41. The van der Waals surface area contributed by atoms with Crippen molar-refractivity contribution in [1.29, 1.82) is 0 Å². The molecule has 0 unspecified atom stereocenters. The zero-order valence-corrected chi connectivity index (χ0v) is 28.8. The van der Waals surface area contributed by atoms with Crippen molar-refractivity contribution in [2.45, 2.75) is 157 Å². The van der Waals surface area contributed by atoms with Gasteiger partial charge in [-0.2, -0.15) is 0 Å². The summed E-state index contributed by atoms with van der Waals surface area (Å²) in [6.07, 6.45) is 25.0. The number of thiophene rings is 1. The number of pyridine rings is 1. The molecule has 1 nitrogen and oxygen atoms in total. The average molecular weight is 633 g/mol. The second kappa shape index (κ2) is 20.5. The number of nitrogens with zero attached hydrogens (tertiary/aromatic N) is 1. The Morgan fingerprint density at radius 3 is 1.62 bits per heavy atom. The van der Waals surface area contributed by atoms with Crippen LogP contribution in [0.15, 0.2) is 30.3 Å². The van der Waals surface area contributed by atoms with Crippen molar-refractivity contribution in [1.82, 2.24) is 4.98 Å². The van der Waals surface area contributed by atoms with E-state index in [0.29, 0.717) is 0 Å². The first kappa shape index (κ1) is 32.9. The molecule has 0 amide bonds. The van der Waals surface area contributed by atoms with Crippen molar-refractivity contribution >= 4 is 33.4 Å². The summed E-state index contributed by atoms with van der Waals surface area (Å²) in [4.78, 5) is 8.39. The summed E-state index contributed by atoms with van der Waals surface area (Å²) < 4.78 is 6.06. The molecule has 37 heavy (non-hydrogen) atoms. The third-order valence-corrected chi connectivity index (χ3v) is 24.5. The van der Waals surface area contributed by atoms with Gasteiger partial charge < -0.3 is 0 Å². The van der Waals surface area contributed by atoms with Crippen molar-refractivity contribution in [2.75, 3.05) is 0 Å². The summed E-state index contributed by atoms with van der Waals surface area (Å²) in [5, 5.41) is 0. The van der Waals surface area contributed by atoms with E-state index in [1.54, 1.807) is 8.59 Å². The molecule has 0 aromatic carbocycles. The van der Waals surface area contributed by atoms with E-state index in [0.717, 1.165) is 0 Å². The van der Waals surface area contributed by atoms with Gasteiger partial charge in [-0.1, -0.05) is 45.4 Å². The van der Waals surface area contributed by atoms with E-state index in [1.165, 1.54) is 139 Å². The van der Waals surface area contributed by atoms with Gasteiger partial charge in [0.2, 0.25) is 0 Å². The quantitative estimate of drug-likeness (QED) is 0.0878. The first-order valence-electron chi connectivity index (χ1n) is 16.3. The zero-order chi connectivity index (χ0) is 26.6. The third kappa shape index (κ3) is 12.6. The van der Waals surface area contributed by atoms with Gasteiger partial charge in [0.05, 0.1) is 0 Å². The Morgan fingerprint density at radius 1 is 0.568 bits per heavy atom. The van der Waals surface area contributed by atoms with Crippen LogP contribution in [0.25, 0.3) is 10.6 Å². The molecular weight excluding hydrogens is 573 g/mol. The van der Waals surface area contributed by atoms with Crippen molar-refractivity contribution in [3.63, 3.8) is 0 Å². The predicted octanol–water partition coefficient (Wildman–Crippen LogP) is 11.7. The molecule has 0 fully saturated rings. The van der Waals surface area contributed by atoms with Gasteiger partial charge in [-0.3, -0.25) is 0 Å². The van der Waals surface area contributed by atoms with Crippen molar-refractivity contribution in [3.05, 3.63) is 35.2 Å². The van der Waals surface area contributed by atoms with Crippen LogP contribution in [-0.4, -0.2) is 23.4 Å². The molecule has 2 aromatic heterocycles. The molecule has 2 aromatic rings.